The highest BCUT2D eigenvalue weighted by Crippen LogP contribution is 2.28. The van der Waals surface area contributed by atoms with Gasteiger partial charge in [-0.05, 0) is 44.7 Å². The van der Waals surface area contributed by atoms with Crippen molar-refractivity contribution in [3.63, 3.8) is 0 Å². The molecule has 6 heteroatoms. The second kappa shape index (κ2) is 7.36. The van der Waals surface area contributed by atoms with Crippen LogP contribution in [0.3, 0.4) is 0 Å². The lowest BCUT2D eigenvalue weighted by Crippen LogP contribution is -2.47. The Balaban J connectivity index is 1.50. The molecule has 2 aliphatic rings. The fourth-order valence-electron chi connectivity index (χ4n) is 3.70. The molecule has 2 fully saturated rings. The number of amides is 1. The summed E-state index contributed by atoms with van der Waals surface area (Å²) in [5, 5.41) is 9.71. The van der Waals surface area contributed by atoms with E-state index in [1.807, 2.05) is 11.1 Å². The van der Waals surface area contributed by atoms with Gasteiger partial charge in [-0.25, -0.2) is 9.97 Å². The number of hydrogen-bond acceptors (Lipinski definition) is 5. The van der Waals surface area contributed by atoms with Crippen molar-refractivity contribution in [3.8, 4) is 0 Å². The van der Waals surface area contributed by atoms with E-state index < -0.39 is 0 Å². The summed E-state index contributed by atoms with van der Waals surface area (Å²) in [6.07, 6.45) is 6.96. The van der Waals surface area contributed by atoms with Crippen molar-refractivity contribution < 1.29 is 9.90 Å². The quantitative estimate of drug-likeness (QED) is 0.898. The molecule has 3 rings (SSSR count). The van der Waals surface area contributed by atoms with E-state index in [2.05, 4.69) is 21.8 Å². The average Bonchev–Trinajstić information content (AvgIpc) is 2.55. The van der Waals surface area contributed by atoms with E-state index in [-0.39, 0.29) is 12.0 Å². The zero-order chi connectivity index (χ0) is 16.2. The number of nitrogens with zero attached hydrogens (tertiary/aromatic N) is 4. The second-order valence-corrected chi connectivity index (χ2v) is 6.78. The summed E-state index contributed by atoms with van der Waals surface area (Å²) in [5.74, 6) is 0.621. The van der Waals surface area contributed by atoms with Gasteiger partial charge >= 0.3 is 0 Å². The van der Waals surface area contributed by atoms with Crippen LogP contribution in [-0.4, -0.2) is 69.6 Å². The summed E-state index contributed by atoms with van der Waals surface area (Å²) in [7, 11) is 0. The fourth-order valence-corrected chi connectivity index (χ4v) is 3.70. The van der Waals surface area contributed by atoms with Crippen LogP contribution in [0.2, 0.25) is 0 Å². The minimum absolute atomic E-state index is 0.192. The van der Waals surface area contributed by atoms with Gasteiger partial charge in [-0.3, -0.25) is 9.69 Å². The first-order valence-electron chi connectivity index (χ1n) is 8.58. The topological polar surface area (TPSA) is 69.6 Å². The number of aliphatic hydroxyl groups is 1. The molecular formula is C17H26N4O2. The van der Waals surface area contributed by atoms with E-state index in [0.29, 0.717) is 19.0 Å². The minimum Gasteiger partial charge on any atom is -0.392 e. The molecule has 6 nitrogen and oxygen atoms in total. The predicted octanol–water partition coefficient (Wildman–Crippen LogP) is 0.948. The Morgan fingerprint density at radius 1 is 1.30 bits per heavy atom. The number of β-amino-alcohol motifs (C(OH)–C–C–N with tert-alkyl or cyclic N) is 1. The largest absolute Gasteiger partial charge is 0.392 e. The second-order valence-electron chi connectivity index (χ2n) is 6.78. The number of hydrogen-bond donors (Lipinski definition) is 1. The molecule has 0 aromatic carbocycles. The van der Waals surface area contributed by atoms with Gasteiger partial charge in [-0.1, -0.05) is 0 Å². The van der Waals surface area contributed by atoms with Gasteiger partial charge in [0.2, 0.25) is 5.91 Å². The van der Waals surface area contributed by atoms with Gasteiger partial charge in [0.1, 0.15) is 6.33 Å². The minimum atomic E-state index is -0.275. The van der Waals surface area contributed by atoms with Crippen LogP contribution in [0.1, 0.15) is 42.9 Å². The Hall–Kier alpha value is -1.53. The molecule has 1 atom stereocenters. The molecule has 23 heavy (non-hydrogen) atoms. The van der Waals surface area contributed by atoms with Crippen LogP contribution in [0.5, 0.6) is 0 Å². The predicted molar refractivity (Wildman–Crippen MR) is 87.0 cm³/mol. The molecule has 1 N–H and O–H groups in total. The van der Waals surface area contributed by atoms with E-state index in [0.717, 1.165) is 56.6 Å². The number of rotatable bonds is 3. The van der Waals surface area contributed by atoms with Crippen LogP contribution in [0, 0.1) is 6.92 Å². The van der Waals surface area contributed by atoms with Crippen molar-refractivity contribution in [2.45, 2.75) is 44.6 Å². The molecule has 1 aromatic rings. The van der Waals surface area contributed by atoms with Crippen molar-refractivity contribution >= 4 is 5.91 Å². The molecule has 3 heterocycles. The lowest BCUT2D eigenvalue weighted by atomic mass is 9.91. The lowest BCUT2D eigenvalue weighted by molar-refractivity contribution is -0.134. The highest BCUT2D eigenvalue weighted by atomic mass is 16.3. The number of likely N-dealkylation sites (tertiary alicyclic amines) is 2. The van der Waals surface area contributed by atoms with Crippen LogP contribution < -0.4 is 0 Å². The molecule has 0 aliphatic carbocycles. The van der Waals surface area contributed by atoms with E-state index in [1.165, 1.54) is 0 Å². The van der Waals surface area contributed by atoms with Gasteiger partial charge in [-0.2, -0.15) is 0 Å². The van der Waals surface area contributed by atoms with E-state index in [1.54, 1.807) is 6.33 Å². The van der Waals surface area contributed by atoms with Crippen LogP contribution in [-0.2, 0) is 4.79 Å². The van der Waals surface area contributed by atoms with Crippen molar-refractivity contribution in [1.29, 1.82) is 0 Å². The monoisotopic (exact) mass is 318 g/mol. The zero-order valence-corrected chi connectivity index (χ0v) is 13.8. The number of aliphatic hydroxyl groups excluding tert-OH is 1. The normalized spacial score (nSPS) is 23.9. The summed E-state index contributed by atoms with van der Waals surface area (Å²) < 4.78 is 0. The molecule has 1 aromatic heterocycles. The number of aryl methyl sites for hydroxylation is 1. The summed E-state index contributed by atoms with van der Waals surface area (Å²) >= 11 is 0. The van der Waals surface area contributed by atoms with Crippen molar-refractivity contribution in [2.75, 3.05) is 32.7 Å². The lowest BCUT2D eigenvalue weighted by Gasteiger charge is -2.35. The van der Waals surface area contributed by atoms with Crippen molar-refractivity contribution in [2.24, 2.45) is 0 Å². The number of carbonyl (C=O) groups is 1. The summed E-state index contributed by atoms with van der Waals surface area (Å²) in [6.45, 7) is 5.62. The SMILES string of the molecule is Cc1cncnc1C1CCN(C(=O)CN2CCC[C@H](O)C2)CC1. The molecule has 1 amide bonds. The molecule has 0 saturated carbocycles. The van der Waals surface area contributed by atoms with Gasteiger partial charge in [0.05, 0.1) is 12.6 Å². The van der Waals surface area contributed by atoms with Gasteiger partial charge in [0.15, 0.2) is 0 Å². The Bertz CT molecular complexity index is 543. The first kappa shape index (κ1) is 16.3. The van der Waals surface area contributed by atoms with Crippen LogP contribution in [0.25, 0.3) is 0 Å². The van der Waals surface area contributed by atoms with Crippen molar-refractivity contribution in [1.82, 2.24) is 19.8 Å². The molecule has 126 valence electrons. The van der Waals surface area contributed by atoms with Crippen LogP contribution >= 0.6 is 0 Å². The molecule has 2 aliphatic heterocycles. The molecule has 0 spiro atoms. The molecule has 0 unspecified atom stereocenters. The van der Waals surface area contributed by atoms with E-state index in [4.69, 9.17) is 0 Å². The summed E-state index contributed by atoms with van der Waals surface area (Å²) in [4.78, 5) is 25.0. The van der Waals surface area contributed by atoms with E-state index >= 15 is 0 Å². The molecule has 0 radical (unpaired) electrons. The maximum atomic E-state index is 12.5. The summed E-state index contributed by atoms with van der Waals surface area (Å²) in [5.41, 5.74) is 2.27. The third kappa shape index (κ3) is 4.06. The van der Waals surface area contributed by atoms with Crippen LogP contribution in [0.15, 0.2) is 12.5 Å². The average molecular weight is 318 g/mol. The van der Waals surface area contributed by atoms with E-state index in [9.17, 15) is 9.90 Å². The Morgan fingerprint density at radius 2 is 2.09 bits per heavy atom. The van der Waals surface area contributed by atoms with Crippen LogP contribution in [0.4, 0.5) is 0 Å². The Kier molecular flexibility index (Phi) is 5.23. The van der Waals surface area contributed by atoms with Gasteiger partial charge in [0, 0.05) is 37.4 Å². The fraction of sp³-hybridized carbons (Fsp3) is 0.706. The third-order valence-electron chi connectivity index (χ3n) is 5.01. The van der Waals surface area contributed by atoms with Gasteiger partial charge in [0.25, 0.3) is 0 Å². The smallest absolute Gasteiger partial charge is 0.236 e. The standard InChI is InChI=1S/C17H26N4O2/c1-13-9-18-12-19-17(13)14-4-7-21(8-5-14)16(23)11-20-6-2-3-15(22)10-20/h9,12,14-15,22H,2-8,10-11H2,1H3/t15-/m0/s1. The maximum absolute atomic E-state index is 12.5. The first-order valence-corrected chi connectivity index (χ1v) is 8.58. The number of aromatic nitrogens is 2. The van der Waals surface area contributed by atoms with Gasteiger partial charge in [-0.15, -0.1) is 0 Å². The Labute approximate surface area is 137 Å². The maximum Gasteiger partial charge on any atom is 0.236 e. The molecular weight excluding hydrogens is 292 g/mol. The zero-order valence-electron chi connectivity index (χ0n) is 13.8. The summed E-state index contributed by atoms with van der Waals surface area (Å²) in [6, 6.07) is 0. The molecule has 2 saturated heterocycles. The number of piperidine rings is 2. The highest BCUT2D eigenvalue weighted by Gasteiger charge is 2.27. The van der Waals surface area contributed by atoms with Gasteiger partial charge < -0.3 is 10.0 Å². The van der Waals surface area contributed by atoms with Crippen molar-refractivity contribution in [3.05, 3.63) is 23.8 Å². The third-order valence-corrected chi connectivity index (χ3v) is 5.01. The Morgan fingerprint density at radius 3 is 2.78 bits per heavy atom. The molecule has 0 bridgehead atoms. The highest BCUT2D eigenvalue weighted by molar-refractivity contribution is 5.78. The first-order chi connectivity index (χ1) is 11.1. The number of carbonyl (C=O) groups excluding carboxylic acids is 1.